The monoisotopic (exact) mass is 327 g/mol. The zero-order valence-corrected chi connectivity index (χ0v) is 12.8. The molecule has 1 rings (SSSR count). The van der Waals surface area contributed by atoms with Crippen LogP contribution in [0.2, 0.25) is 10.0 Å². The second-order valence-corrected chi connectivity index (χ2v) is 6.92. The fourth-order valence-corrected chi connectivity index (χ4v) is 3.43. The molecule has 1 aromatic rings. The van der Waals surface area contributed by atoms with E-state index in [0.717, 1.165) is 4.31 Å². The standard InChI is InChI=1S/C11H15Cl2NO4S/c1-14(6-10(15)7-18-2)19(16,17)11-4-8(12)3-9(13)5-11/h3-5,10,15H,6-7H2,1-2H3. The SMILES string of the molecule is COCC(O)CN(C)S(=O)(=O)c1cc(Cl)cc(Cl)c1. The highest BCUT2D eigenvalue weighted by Crippen LogP contribution is 2.24. The molecule has 1 aromatic carbocycles. The molecule has 0 saturated heterocycles. The van der Waals surface area contributed by atoms with Gasteiger partial charge in [-0.15, -0.1) is 0 Å². The number of nitrogens with zero attached hydrogens (tertiary/aromatic N) is 1. The summed E-state index contributed by atoms with van der Waals surface area (Å²) < 4.78 is 30.2. The number of rotatable bonds is 6. The first kappa shape index (κ1) is 16.7. The molecular weight excluding hydrogens is 313 g/mol. The summed E-state index contributed by atoms with van der Waals surface area (Å²) in [5, 5.41) is 10.0. The van der Waals surface area contributed by atoms with E-state index in [0.29, 0.717) is 0 Å². The quantitative estimate of drug-likeness (QED) is 0.862. The summed E-state index contributed by atoms with van der Waals surface area (Å²) in [4.78, 5) is -0.0166. The molecule has 1 atom stereocenters. The summed E-state index contributed by atoms with van der Waals surface area (Å²) in [6.07, 6.45) is -0.903. The molecule has 1 unspecified atom stereocenters. The van der Waals surface area contributed by atoms with Gasteiger partial charge in [0.1, 0.15) is 0 Å². The van der Waals surface area contributed by atoms with E-state index in [4.69, 9.17) is 27.9 Å². The topological polar surface area (TPSA) is 66.8 Å². The number of likely N-dealkylation sites (N-methyl/N-ethyl adjacent to an activating group) is 1. The molecule has 0 heterocycles. The number of benzene rings is 1. The third-order valence-corrected chi connectivity index (χ3v) is 4.61. The molecule has 0 amide bonds. The van der Waals surface area contributed by atoms with Crippen LogP contribution in [0.1, 0.15) is 0 Å². The number of hydrogen-bond donors (Lipinski definition) is 1. The molecule has 0 saturated carbocycles. The Bertz CT molecular complexity index is 515. The van der Waals surface area contributed by atoms with Crippen molar-refractivity contribution >= 4 is 33.2 Å². The van der Waals surface area contributed by atoms with E-state index in [1.807, 2.05) is 0 Å². The van der Waals surface area contributed by atoms with Crippen LogP contribution in [0.25, 0.3) is 0 Å². The average molecular weight is 328 g/mol. The predicted octanol–water partition coefficient (Wildman–Crippen LogP) is 1.62. The number of methoxy groups -OCH3 is 1. The van der Waals surface area contributed by atoms with Crippen molar-refractivity contribution in [3.8, 4) is 0 Å². The minimum absolute atomic E-state index is 0.0166. The second kappa shape index (κ2) is 6.88. The Labute approximate surface area is 122 Å². The van der Waals surface area contributed by atoms with Gasteiger partial charge in [0.2, 0.25) is 10.0 Å². The van der Waals surface area contributed by atoms with Gasteiger partial charge in [-0.25, -0.2) is 8.42 Å². The molecule has 0 spiro atoms. The van der Waals surface area contributed by atoms with Crippen LogP contribution in [0, 0.1) is 0 Å². The Morgan fingerprint density at radius 2 is 1.84 bits per heavy atom. The van der Waals surface area contributed by atoms with Gasteiger partial charge in [-0.05, 0) is 18.2 Å². The number of aliphatic hydroxyl groups excluding tert-OH is 1. The van der Waals surface area contributed by atoms with E-state index in [2.05, 4.69) is 0 Å². The number of aliphatic hydroxyl groups is 1. The van der Waals surface area contributed by atoms with Crippen LogP contribution in [0.3, 0.4) is 0 Å². The molecule has 0 fully saturated rings. The lowest BCUT2D eigenvalue weighted by atomic mass is 10.4. The third kappa shape index (κ3) is 4.59. The van der Waals surface area contributed by atoms with Gasteiger partial charge < -0.3 is 9.84 Å². The van der Waals surface area contributed by atoms with Crippen LogP contribution in [0.4, 0.5) is 0 Å². The molecule has 0 radical (unpaired) electrons. The normalized spacial score (nSPS) is 13.8. The summed E-state index contributed by atoms with van der Waals surface area (Å²) in [5.41, 5.74) is 0. The fourth-order valence-electron chi connectivity index (χ4n) is 1.50. The molecule has 5 nitrogen and oxygen atoms in total. The number of halogens is 2. The highest BCUT2D eigenvalue weighted by molar-refractivity contribution is 7.89. The van der Waals surface area contributed by atoms with E-state index < -0.39 is 16.1 Å². The Kier molecular flexibility index (Phi) is 6.04. The van der Waals surface area contributed by atoms with E-state index in [1.165, 1.54) is 32.4 Å². The van der Waals surface area contributed by atoms with E-state index in [1.54, 1.807) is 0 Å². The van der Waals surface area contributed by atoms with Crippen LogP contribution in [-0.2, 0) is 14.8 Å². The summed E-state index contributed by atoms with van der Waals surface area (Å²) in [6, 6.07) is 4.06. The predicted molar refractivity (Wildman–Crippen MR) is 74.2 cm³/mol. The minimum atomic E-state index is -3.75. The maximum absolute atomic E-state index is 12.2. The van der Waals surface area contributed by atoms with Gasteiger partial charge >= 0.3 is 0 Å². The number of ether oxygens (including phenoxy) is 1. The molecule has 0 aliphatic carbocycles. The van der Waals surface area contributed by atoms with Gasteiger partial charge in [-0.3, -0.25) is 0 Å². The van der Waals surface area contributed by atoms with Crippen molar-refractivity contribution in [2.45, 2.75) is 11.0 Å². The lowest BCUT2D eigenvalue weighted by Crippen LogP contribution is -2.36. The molecule has 0 aromatic heterocycles. The minimum Gasteiger partial charge on any atom is -0.389 e. The van der Waals surface area contributed by atoms with Gasteiger partial charge in [-0.1, -0.05) is 23.2 Å². The highest BCUT2D eigenvalue weighted by Gasteiger charge is 2.23. The molecule has 1 N–H and O–H groups in total. The summed E-state index contributed by atoms with van der Waals surface area (Å²) in [7, 11) is -0.959. The number of hydrogen-bond acceptors (Lipinski definition) is 4. The lowest BCUT2D eigenvalue weighted by molar-refractivity contribution is 0.0554. The smallest absolute Gasteiger partial charge is 0.243 e. The first-order valence-corrected chi connectivity index (χ1v) is 7.56. The van der Waals surface area contributed by atoms with Crippen molar-refractivity contribution in [1.82, 2.24) is 4.31 Å². The maximum Gasteiger partial charge on any atom is 0.243 e. The molecule has 0 aliphatic rings. The summed E-state index contributed by atoms with van der Waals surface area (Å²) in [5.74, 6) is 0. The lowest BCUT2D eigenvalue weighted by Gasteiger charge is -2.20. The summed E-state index contributed by atoms with van der Waals surface area (Å²) in [6.45, 7) is -0.0313. The van der Waals surface area contributed by atoms with Crippen LogP contribution < -0.4 is 0 Å². The Morgan fingerprint density at radius 1 is 1.32 bits per heavy atom. The highest BCUT2D eigenvalue weighted by atomic mass is 35.5. The van der Waals surface area contributed by atoms with E-state index >= 15 is 0 Å². The van der Waals surface area contributed by atoms with Crippen molar-refractivity contribution in [2.24, 2.45) is 0 Å². The third-order valence-electron chi connectivity index (χ3n) is 2.37. The zero-order chi connectivity index (χ0) is 14.6. The Morgan fingerprint density at radius 3 is 2.32 bits per heavy atom. The number of sulfonamides is 1. The van der Waals surface area contributed by atoms with Gasteiger partial charge in [0.25, 0.3) is 0 Å². The first-order valence-electron chi connectivity index (χ1n) is 5.37. The van der Waals surface area contributed by atoms with Crippen molar-refractivity contribution in [2.75, 3.05) is 27.3 Å². The van der Waals surface area contributed by atoms with Crippen molar-refractivity contribution < 1.29 is 18.3 Å². The Balaban J connectivity index is 2.96. The zero-order valence-electron chi connectivity index (χ0n) is 10.5. The van der Waals surface area contributed by atoms with Crippen molar-refractivity contribution in [1.29, 1.82) is 0 Å². The van der Waals surface area contributed by atoms with Crippen LogP contribution in [0.15, 0.2) is 23.1 Å². The van der Waals surface area contributed by atoms with E-state index in [-0.39, 0.29) is 28.1 Å². The average Bonchev–Trinajstić information content (AvgIpc) is 2.27. The maximum atomic E-state index is 12.2. The molecule has 108 valence electrons. The second-order valence-electron chi connectivity index (χ2n) is 4.00. The van der Waals surface area contributed by atoms with Gasteiger partial charge in [0.15, 0.2) is 0 Å². The summed E-state index contributed by atoms with van der Waals surface area (Å²) >= 11 is 11.6. The molecule has 0 aliphatic heterocycles. The first-order chi connectivity index (χ1) is 8.77. The Hall–Kier alpha value is -0.370. The van der Waals surface area contributed by atoms with Crippen LogP contribution in [-0.4, -0.2) is 51.2 Å². The molecule has 8 heteroatoms. The van der Waals surface area contributed by atoms with Gasteiger partial charge in [-0.2, -0.15) is 4.31 Å². The van der Waals surface area contributed by atoms with Gasteiger partial charge in [0.05, 0.1) is 17.6 Å². The van der Waals surface area contributed by atoms with E-state index in [9.17, 15) is 13.5 Å². The largest absolute Gasteiger partial charge is 0.389 e. The van der Waals surface area contributed by atoms with Crippen LogP contribution in [0.5, 0.6) is 0 Å². The van der Waals surface area contributed by atoms with Crippen LogP contribution >= 0.6 is 23.2 Å². The molecule has 0 bridgehead atoms. The molecule has 19 heavy (non-hydrogen) atoms. The fraction of sp³-hybridized carbons (Fsp3) is 0.455. The van der Waals surface area contributed by atoms with Gasteiger partial charge in [0, 0.05) is 30.7 Å². The van der Waals surface area contributed by atoms with Crippen molar-refractivity contribution in [3.05, 3.63) is 28.2 Å². The molecular formula is C11H15Cl2NO4S. The van der Waals surface area contributed by atoms with Crippen molar-refractivity contribution in [3.63, 3.8) is 0 Å².